The van der Waals surface area contributed by atoms with Gasteiger partial charge in [0.05, 0.1) is 6.04 Å². The topological polar surface area (TPSA) is 94.3 Å². The molecule has 2 aliphatic heterocycles. The summed E-state index contributed by atoms with van der Waals surface area (Å²) in [6, 6.07) is 33.3. The van der Waals surface area contributed by atoms with E-state index in [0.29, 0.717) is 31.4 Å². The van der Waals surface area contributed by atoms with Crippen LogP contribution >= 0.6 is 0 Å². The van der Waals surface area contributed by atoms with E-state index in [1.165, 1.54) is 0 Å². The Bertz CT molecular complexity index is 1810. The number of aromatic amines is 1. The highest BCUT2D eigenvalue weighted by molar-refractivity contribution is 6.04. The summed E-state index contributed by atoms with van der Waals surface area (Å²) in [5.41, 5.74) is 6.52. The van der Waals surface area contributed by atoms with Gasteiger partial charge in [0.25, 0.3) is 5.91 Å². The average Bonchev–Trinajstić information content (AvgIpc) is 3.56. The third-order valence-electron chi connectivity index (χ3n) is 8.63. The highest BCUT2D eigenvalue weighted by Gasteiger charge is 2.49. The Kier molecular flexibility index (Phi) is 6.99. The lowest BCUT2D eigenvalue weighted by Crippen LogP contribution is -2.57. The predicted molar refractivity (Wildman–Crippen MR) is 165 cm³/mol. The van der Waals surface area contributed by atoms with Gasteiger partial charge < -0.3 is 20.5 Å². The van der Waals surface area contributed by atoms with Gasteiger partial charge in [-0.05, 0) is 40.8 Å². The Balaban J connectivity index is 1.18. The van der Waals surface area contributed by atoms with Crippen LogP contribution in [0.1, 0.15) is 44.3 Å². The molecule has 0 saturated heterocycles. The van der Waals surface area contributed by atoms with E-state index in [9.17, 15) is 14.4 Å². The molecule has 7 rings (SSSR count). The first-order chi connectivity index (χ1) is 21.1. The third kappa shape index (κ3) is 4.97. The third-order valence-corrected chi connectivity index (χ3v) is 8.63. The minimum Gasteiger partial charge on any atom is -0.356 e. The number of hydrogen-bond donors (Lipinski definition) is 3. The molecule has 0 unspecified atom stereocenters. The summed E-state index contributed by atoms with van der Waals surface area (Å²) in [4.78, 5) is 46.8. The minimum absolute atomic E-state index is 0.169. The van der Waals surface area contributed by atoms with E-state index in [1.807, 2.05) is 103 Å². The molecule has 0 radical (unpaired) electrons. The molecule has 2 aliphatic rings. The number of nitrogens with zero attached hydrogens (tertiary/aromatic N) is 1. The van der Waals surface area contributed by atoms with Crippen molar-refractivity contribution >= 4 is 28.6 Å². The Hall–Kier alpha value is -5.17. The number of amides is 3. The second-order valence-corrected chi connectivity index (χ2v) is 11.3. The molecular weight excluding hydrogens is 536 g/mol. The largest absolute Gasteiger partial charge is 0.356 e. The Labute approximate surface area is 249 Å². The molecule has 5 aromatic rings. The van der Waals surface area contributed by atoms with Gasteiger partial charge in [-0.2, -0.15) is 0 Å². The van der Waals surface area contributed by atoms with Gasteiger partial charge in [-0.1, -0.05) is 97.1 Å². The number of nitrogens with one attached hydrogen (secondary N) is 3. The minimum atomic E-state index is -0.798. The summed E-state index contributed by atoms with van der Waals surface area (Å²) in [5.74, 6) is -0.748. The summed E-state index contributed by atoms with van der Waals surface area (Å²) in [7, 11) is 0. The van der Waals surface area contributed by atoms with Crippen molar-refractivity contribution in [3.63, 3.8) is 0 Å². The van der Waals surface area contributed by atoms with Crippen LogP contribution in [-0.4, -0.2) is 46.2 Å². The number of fused-ring (bicyclic) bond motifs is 7. The van der Waals surface area contributed by atoms with Crippen LogP contribution in [0.25, 0.3) is 10.9 Å². The van der Waals surface area contributed by atoms with Gasteiger partial charge >= 0.3 is 0 Å². The van der Waals surface area contributed by atoms with Crippen LogP contribution < -0.4 is 10.6 Å². The zero-order chi connectivity index (χ0) is 29.3. The van der Waals surface area contributed by atoms with Crippen molar-refractivity contribution in [2.24, 2.45) is 0 Å². The maximum atomic E-state index is 14.2. The summed E-state index contributed by atoms with van der Waals surface area (Å²) in [5, 5.41) is 7.13. The van der Waals surface area contributed by atoms with Crippen LogP contribution in [0, 0.1) is 0 Å². The molecule has 7 nitrogen and oxygen atoms in total. The number of carbonyl (C=O) groups is 3. The van der Waals surface area contributed by atoms with E-state index in [4.69, 9.17) is 0 Å². The highest BCUT2D eigenvalue weighted by atomic mass is 16.2. The number of benzene rings is 4. The van der Waals surface area contributed by atoms with E-state index < -0.39 is 18.1 Å². The van der Waals surface area contributed by atoms with Gasteiger partial charge in [0.1, 0.15) is 12.1 Å². The first-order valence-electron chi connectivity index (χ1n) is 14.8. The lowest BCUT2D eigenvalue weighted by atomic mass is 9.89. The van der Waals surface area contributed by atoms with Crippen LogP contribution in [0.4, 0.5) is 0 Å². The molecule has 0 fully saturated rings. The quantitative estimate of drug-likeness (QED) is 0.253. The fourth-order valence-corrected chi connectivity index (χ4v) is 6.56. The normalized spacial score (nSPS) is 17.6. The molecule has 1 aromatic heterocycles. The number of aromatic nitrogens is 1. The molecule has 3 N–H and O–H groups in total. The highest BCUT2D eigenvalue weighted by Crippen LogP contribution is 2.46. The number of H-pyrrole nitrogens is 1. The second kappa shape index (κ2) is 11.2. The van der Waals surface area contributed by atoms with E-state index in [2.05, 4.69) is 21.7 Å². The van der Waals surface area contributed by atoms with Crippen LogP contribution in [0.15, 0.2) is 109 Å². The molecule has 3 amide bonds. The first kappa shape index (κ1) is 26.7. The van der Waals surface area contributed by atoms with E-state index in [-0.39, 0.29) is 17.7 Å². The Morgan fingerprint density at radius 3 is 2.30 bits per heavy atom. The van der Waals surface area contributed by atoms with Gasteiger partial charge in [0, 0.05) is 41.5 Å². The van der Waals surface area contributed by atoms with Crippen LogP contribution in [0.2, 0.25) is 0 Å². The van der Waals surface area contributed by atoms with Gasteiger partial charge in [0.15, 0.2) is 0 Å². The van der Waals surface area contributed by atoms with Crippen LogP contribution in [0.5, 0.6) is 0 Å². The molecule has 0 aliphatic carbocycles. The molecule has 0 bridgehead atoms. The average molecular weight is 569 g/mol. The van der Waals surface area contributed by atoms with Gasteiger partial charge in [-0.3, -0.25) is 14.4 Å². The summed E-state index contributed by atoms with van der Waals surface area (Å²) in [6.07, 6.45) is 1.38. The molecule has 3 heterocycles. The molecule has 0 spiro atoms. The van der Waals surface area contributed by atoms with Gasteiger partial charge in [-0.15, -0.1) is 0 Å². The predicted octanol–water partition coefficient (Wildman–Crippen LogP) is 4.72. The van der Waals surface area contributed by atoms with Crippen LogP contribution in [0.3, 0.4) is 0 Å². The van der Waals surface area contributed by atoms with Crippen LogP contribution in [-0.2, 0) is 28.9 Å². The molecule has 43 heavy (non-hydrogen) atoms. The van der Waals surface area contributed by atoms with Gasteiger partial charge in [0.2, 0.25) is 11.8 Å². The molecule has 214 valence electrons. The number of carbonyl (C=O) groups excluding carboxylic acids is 3. The Morgan fingerprint density at radius 1 is 0.837 bits per heavy atom. The summed E-state index contributed by atoms with van der Waals surface area (Å²) >= 11 is 0. The molecule has 7 heteroatoms. The lowest BCUT2D eigenvalue weighted by molar-refractivity contribution is -0.132. The zero-order valence-corrected chi connectivity index (χ0v) is 23.6. The molecular formula is C36H32N4O3. The van der Waals surface area contributed by atoms with Crippen molar-refractivity contribution in [1.82, 2.24) is 20.5 Å². The number of rotatable bonds is 8. The monoisotopic (exact) mass is 568 g/mol. The maximum Gasteiger partial charge on any atom is 0.255 e. The molecule has 3 atom stereocenters. The van der Waals surface area contributed by atoms with Crippen molar-refractivity contribution < 1.29 is 14.4 Å². The van der Waals surface area contributed by atoms with Crippen molar-refractivity contribution in [2.45, 2.75) is 37.4 Å². The van der Waals surface area contributed by atoms with Crippen molar-refractivity contribution in [1.29, 1.82) is 0 Å². The summed E-state index contributed by atoms with van der Waals surface area (Å²) < 4.78 is 0. The SMILES string of the molecule is O=C(NCCc1ccccc1)[C@H](Cc1ccccc1)NC(=O)[C@@H]1Cc2c([nH]c3ccccc23)[C@H]2c3ccccc3C(=O)N21. The fraction of sp³-hybridized carbons (Fsp3) is 0.194. The second-order valence-electron chi connectivity index (χ2n) is 11.3. The van der Waals surface area contributed by atoms with Crippen molar-refractivity contribution in [2.75, 3.05) is 6.54 Å². The smallest absolute Gasteiger partial charge is 0.255 e. The zero-order valence-electron chi connectivity index (χ0n) is 23.6. The standard InChI is InChI=1S/C36H32N4O3/c41-34(37-20-19-23-11-3-1-4-12-23)30(21-24-13-5-2-6-14-24)39-35(42)31-22-28-25-15-9-10-18-29(25)38-32(28)33-26-16-7-8-17-27(26)36(43)40(31)33/h1-18,30-31,33,38H,19-22H2,(H,37,41)(H,39,42)/t30-,31-,33+/m0/s1. The summed E-state index contributed by atoms with van der Waals surface area (Å²) in [6.45, 7) is 0.453. The fourth-order valence-electron chi connectivity index (χ4n) is 6.56. The molecule has 0 saturated carbocycles. The maximum absolute atomic E-state index is 14.2. The van der Waals surface area contributed by atoms with E-state index in [0.717, 1.165) is 38.9 Å². The number of hydrogen-bond acceptors (Lipinski definition) is 3. The first-order valence-corrected chi connectivity index (χ1v) is 14.8. The van der Waals surface area contributed by atoms with E-state index in [1.54, 1.807) is 4.90 Å². The molecule has 4 aromatic carbocycles. The lowest BCUT2D eigenvalue weighted by Gasteiger charge is -2.37. The van der Waals surface area contributed by atoms with Crippen molar-refractivity contribution in [3.05, 3.63) is 143 Å². The van der Waals surface area contributed by atoms with Gasteiger partial charge in [-0.25, -0.2) is 0 Å². The Morgan fingerprint density at radius 2 is 1.51 bits per heavy atom. The number of para-hydroxylation sites is 1. The van der Waals surface area contributed by atoms with Crippen molar-refractivity contribution in [3.8, 4) is 0 Å². The van der Waals surface area contributed by atoms with E-state index >= 15 is 0 Å².